The first-order valence-electron chi connectivity index (χ1n) is 6.68. The van der Waals surface area contributed by atoms with Crippen molar-refractivity contribution in [1.82, 2.24) is 9.97 Å². The maximum Gasteiger partial charge on any atom is 0.222 e. The summed E-state index contributed by atoms with van der Waals surface area (Å²) in [5.41, 5.74) is 1.78. The van der Waals surface area contributed by atoms with Crippen LogP contribution in [0.2, 0.25) is 20.4 Å². The number of halogens is 4. The van der Waals surface area contributed by atoms with Crippen molar-refractivity contribution < 1.29 is 9.47 Å². The second-order valence-electron chi connectivity index (χ2n) is 4.82. The molecule has 2 aromatic carbocycles. The Balaban J connectivity index is 2.33. The first kappa shape index (κ1) is 17.4. The molecule has 0 radical (unpaired) electrons. The van der Waals surface area contributed by atoms with E-state index in [1.807, 2.05) is 6.07 Å². The fourth-order valence-electron chi connectivity index (χ4n) is 2.36. The number of rotatable bonds is 3. The van der Waals surface area contributed by atoms with Crippen LogP contribution >= 0.6 is 46.4 Å². The molecule has 1 aromatic heterocycles. The molecule has 0 fully saturated rings. The fourth-order valence-corrected chi connectivity index (χ4v) is 3.49. The normalized spacial score (nSPS) is 10.9. The zero-order valence-electron chi connectivity index (χ0n) is 12.5. The summed E-state index contributed by atoms with van der Waals surface area (Å²) in [6.45, 7) is 0. The van der Waals surface area contributed by atoms with Gasteiger partial charge in [0.15, 0.2) is 0 Å². The summed E-state index contributed by atoms with van der Waals surface area (Å²) in [4.78, 5) is 8.11. The van der Waals surface area contributed by atoms with Crippen molar-refractivity contribution in [1.29, 1.82) is 0 Å². The molecule has 0 aliphatic carbocycles. The minimum Gasteiger partial charge on any atom is -0.495 e. The minimum atomic E-state index is 0.122. The Labute approximate surface area is 158 Å². The highest BCUT2D eigenvalue weighted by Crippen LogP contribution is 2.47. The van der Waals surface area contributed by atoms with Gasteiger partial charge in [-0.05, 0) is 29.3 Å². The van der Waals surface area contributed by atoms with Crippen molar-refractivity contribution in [2.45, 2.75) is 0 Å². The highest BCUT2D eigenvalue weighted by atomic mass is 35.5. The quantitative estimate of drug-likeness (QED) is 0.508. The molecule has 0 bridgehead atoms. The van der Waals surface area contributed by atoms with Gasteiger partial charge in [0, 0.05) is 23.2 Å². The van der Waals surface area contributed by atoms with Crippen LogP contribution in [-0.2, 0) is 0 Å². The van der Waals surface area contributed by atoms with E-state index in [1.54, 1.807) is 18.3 Å². The van der Waals surface area contributed by atoms with E-state index >= 15 is 0 Å². The monoisotopic (exact) mass is 402 g/mol. The number of ether oxygens (including phenoxy) is 2. The van der Waals surface area contributed by atoms with Crippen LogP contribution in [0.5, 0.6) is 11.5 Å². The Morgan fingerprint density at radius 1 is 0.875 bits per heavy atom. The summed E-state index contributed by atoms with van der Waals surface area (Å²) in [5, 5.41) is 1.94. The van der Waals surface area contributed by atoms with Gasteiger partial charge in [-0.25, -0.2) is 9.97 Å². The first-order chi connectivity index (χ1) is 11.5. The zero-order valence-corrected chi connectivity index (χ0v) is 15.6. The summed E-state index contributed by atoms with van der Waals surface area (Å²) in [5.74, 6) is 0.882. The Bertz CT molecular complexity index is 919. The average molecular weight is 404 g/mol. The van der Waals surface area contributed by atoms with Gasteiger partial charge >= 0.3 is 0 Å². The standard InChI is InChI=1S/C16H10Cl4N2O2/c1-23-10-5-11(24-2)14(19)12(13(10)18)7-3-8-6-21-16(20)22-15(8)9(17)4-7/h3-6H,1-2H3. The van der Waals surface area contributed by atoms with E-state index < -0.39 is 0 Å². The van der Waals surface area contributed by atoms with E-state index in [2.05, 4.69) is 9.97 Å². The summed E-state index contributed by atoms with van der Waals surface area (Å²) < 4.78 is 10.6. The van der Waals surface area contributed by atoms with E-state index in [4.69, 9.17) is 55.9 Å². The van der Waals surface area contributed by atoms with Gasteiger partial charge in [0.05, 0.1) is 34.8 Å². The molecule has 0 N–H and O–H groups in total. The van der Waals surface area contributed by atoms with Crippen molar-refractivity contribution in [2.75, 3.05) is 14.2 Å². The van der Waals surface area contributed by atoms with Crippen LogP contribution < -0.4 is 9.47 Å². The van der Waals surface area contributed by atoms with Crippen LogP contribution in [0, 0.1) is 0 Å². The number of hydrogen-bond acceptors (Lipinski definition) is 4. The van der Waals surface area contributed by atoms with Crippen LogP contribution in [-0.4, -0.2) is 24.2 Å². The topological polar surface area (TPSA) is 44.2 Å². The summed E-state index contributed by atoms with van der Waals surface area (Å²) in [6, 6.07) is 5.16. The molecular weight excluding hydrogens is 394 g/mol. The van der Waals surface area contributed by atoms with Gasteiger partial charge in [-0.1, -0.05) is 34.8 Å². The van der Waals surface area contributed by atoms with Gasteiger partial charge in [-0.3, -0.25) is 0 Å². The Hall–Kier alpha value is -1.46. The molecule has 0 atom stereocenters. The van der Waals surface area contributed by atoms with Crippen molar-refractivity contribution in [3.05, 3.63) is 44.7 Å². The minimum absolute atomic E-state index is 0.122. The lowest BCUT2D eigenvalue weighted by atomic mass is 10.0. The molecule has 8 heteroatoms. The third-order valence-electron chi connectivity index (χ3n) is 3.47. The van der Waals surface area contributed by atoms with E-state index in [1.165, 1.54) is 14.2 Å². The smallest absolute Gasteiger partial charge is 0.222 e. The molecule has 3 rings (SSSR count). The molecule has 0 aliphatic rings. The first-order valence-corrected chi connectivity index (χ1v) is 8.19. The second-order valence-corrected chi connectivity index (χ2v) is 6.32. The molecular formula is C16H10Cl4N2O2. The van der Waals surface area contributed by atoms with E-state index in [-0.39, 0.29) is 5.28 Å². The molecule has 4 nitrogen and oxygen atoms in total. The predicted molar refractivity (Wildman–Crippen MR) is 98.1 cm³/mol. The molecule has 1 heterocycles. The molecule has 124 valence electrons. The van der Waals surface area contributed by atoms with E-state index in [0.29, 0.717) is 48.6 Å². The second kappa shape index (κ2) is 6.81. The summed E-state index contributed by atoms with van der Waals surface area (Å²) in [6.07, 6.45) is 1.58. The lowest BCUT2D eigenvalue weighted by Crippen LogP contribution is -1.94. The summed E-state index contributed by atoms with van der Waals surface area (Å²) >= 11 is 25.1. The molecule has 3 aromatic rings. The Morgan fingerprint density at radius 2 is 1.50 bits per heavy atom. The SMILES string of the molecule is COc1cc(OC)c(Cl)c(-c2cc(Cl)c3nc(Cl)ncc3c2)c1Cl. The lowest BCUT2D eigenvalue weighted by Gasteiger charge is -2.15. The maximum absolute atomic E-state index is 6.45. The molecule has 0 aliphatic heterocycles. The number of fused-ring (bicyclic) bond motifs is 1. The van der Waals surface area contributed by atoms with Crippen molar-refractivity contribution in [3.8, 4) is 22.6 Å². The third kappa shape index (κ3) is 2.95. The van der Waals surface area contributed by atoms with E-state index in [0.717, 1.165) is 0 Å². The van der Waals surface area contributed by atoms with Crippen LogP contribution in [0.15, 0.2) is 24.4 Å². The van der Waals surface area contributed by atoms with Gasteiger partial charge in [-0.2, -0.15) is 0 Å². The summed E-state index contributed by atoms with van der Waals surface area (Å²) in [7, 11) is 3.03. The van der Waals surface area contributed by atoms with Gasteiger partial charge in [0.2, 0.25) is 5.28 Å². The van der Waals surface area contributed by atoms with Crippen LogP contribution in [0.1, 0.15) is 0 Å². The number of benzene rings is 2. The van der Waals surface area contributed by atoms with Crippen LogP contribution in [0.4, 0.5) is 0 Å². The molecule has 0 saturated carbocycles. The predicted octanol–water partition coefficient (Wildman–Crippen LogP) is 5.93. The largest absolute Gasteiger partial charge is 0.495 e. The highest BCUT2D eigenvalue weighted by Gasteiger charge is 2.20. The van der Waals surface area contributed by atoms with Gasteiger partial charge in [0.25, 0.3) is 0 Å². The van der Waals surface area contributed by atoms with Crippen molar-refractivity contribution >= 4 is 57.3 Å². The van der Waals surface area contributed by atoms with Gasteiger partial charge in [-0.15, -0.1) is 0 Å². The van der Waals surface area contributed by atoms with Crippen LogP contribution in [0.25, 0.3) is 22.0 Å². The van der Waals surface area contributed by atoms with Gasteiger partial charge < -0.3 is 9.47 Å². The number of nitrogens with zero attached hydrogens (tertiary/aromatic N) is 2. The molecule has 0 saturated heterocycles. The van der Waals surface area contributed by atoms with Crippen molar-refractivity contribution in [2.24, 2.45) is 0 Å². The zero-order chi connectivity index (χ0) is 17.4. The maximum atomic E-state index is 6.45. The van der Waals surface area contributed by atoms with Gasteiger partial charge in [0.1, 0.15) is 11.5 Å². The van der Waals surface area contributed by atoms with Crippen molar-refractivity contribution in [3.63, 3.8) is 0 Å². The number of methoxy groups -OCH3 is 2. The average Bonchev–Trinajstić information content (AvgIpc) is 2.56. The number of aromatic nitrogens is 2. The third-order valence-corrected chi connectivity index (χ3v) is 4.69. The number of hydrogen-bond donors (Lipinski definition) is 0. The molecule has 24 heavy (non-hydrogen) atoms. The highest BCUT2D eigenvalue weighted by molar-refractivity contribution is 6.41. The Kier molecular flexibility index (Phi) is 4.92. The molecule has 0 unspecified atom stereocenters. The van der Waals surface area contributed by atoms with E-state index in [9.17, 15) is 0 Å². The van der Waals surface area contributed by atoms with Crippen LogP contribution in [0.3, 0.4) is 0 Å². The lowest BCUT2D eigenvalue weighted by molar-refractivity contribution is 0.395. The molecule has 0 spiro atoms. The Morgan fingerprint density at radius 3 is 2.08 bits per heavy atom. The fraction of sp³-hybridized carbons (Fsp3) is 0.125. The molecule has 0 amide bonds.